The fourth-order valence-electron chi connectivity index (χ4n) is 1.16. The Bertz CT molecular complexity index is 347. The van der Waals surface area contributed by atoms with Crippen molar-refractivity contribution in [3.8, 4) is 0 Å². The second kappa shape index (κ2) is 4.01. The number of halogens is 2. The Balaban J connectivity index is 3.17. The van der Waals surface area contributed by atoms with Gasteiger partial charge in [-0.15, -0.1) is 0 Å². The molecule has 0 radical (unpaired) electrons. The second-order valence-corrected chi connectivity index (χ2v) is 3.83. The van der Waals surface area contributed by atoms with Crippen LogP contribution in [-0.2, 0) is 11.2 Å². The Hall–Kier alpha value is -0.700. The second-order valence-electron chi connectivity index (χ2n) is 3.04. The van der Waals surface area contributed by atoms with Crippen LogP contribution >= 0.6 is 15.9 Å². The van der Waals surface area contributed by atoms with Crippen LogP contribution in [0.25, 0.3) is 0 Å². The van der Waals surface area contributed by atoms with Crippen molar-refractivity contribution in [2.24, 2.45) is 0 Å². The molecule has 70 valence electrons. The molecule has 0 aliphatic carbocycles. The van der Waals surface area contributed by atoms with Crippen molar-refractivity contribution in [2.75, 3.05) is 0 Å². The summed E-state index contributed by atoms with van der Waals surface area (Å²) in [7, 11) is 0. The largest absolute Gasteiger partial charge is 0.300 e. The molecule has 0 spiro atoms. The molecule has 0 aromatic heterocycles. The molecule has 0 saturated carbocycles. The zero-order valence-electron chi connectivity index (χ0n) is 7.53. The molecule has 1 nitrogen and oxygen atoms in total. The van der Waals surface area contributed by atoms with Gasteiger partial charge in [-0.25, -0.2) is 4.39 Å². The van der Waals surface area contributed by atoms with Crippen LogP contribution in [0.2, 0.25) is 0 Å². The number of aryl methyl sites for hydroxylation is 1. The molecular weight excluding hydrogens is 235 g/mol. The first-order valence-corrected chi connectivity index (χ1v) is 4.74. The zero-order valence-corrected chi connectivity index (χ0v) is 9.11. The molecule has 3 heteroatoms. The Morgan fingerprint density at radius 1 is 1.54 bits per heavy atom. The summed E-state index contributed by atoms with van der Waals surface area (Å²) in [4.78, 5) is 10.9. The lowest BCUT2D eigenvalue weighted by Gasteiger charge is -2.06. The van der Waals surface area contributed by atoms with E-state index in [2.05, 4.69) is 15.9 Å². The number of carbonyl (C=O) groups excluding carboxylic acids is 1. The molecule has 0 heterocycles. The molecule has 1 rings (SSSR count). The van der Waals surface area contributed by atoms with E-state index >= 15 is 0 Å². The van der Waals surface area contributed by atoms with Gasteiger partial charge < -0.3 is 0 Å². The van der Waals surface area contributed by atoms with Crippen LogP contribution in [0.15, 0.2) is 16.6 Å². The fraction of sp³-hybridized carbons (Fsp3) is 0.300. The first-order chi connectivity index (χ1) is 6.02. The number of rotatable bonds is 2. The Labute approximate surface area is 85.1 Å². The fourth-order valence-corrected chi connectivity index (χ4v) is 1.74. The first-order valence-electron chi connectivity index (χ1n) is 3.95. The lowest BCUT2D eigenvalue weighted by atomic mass is 10.0. The molecule has 0 aliphatic rings. The van der Waals surface area contributed by atoms with Gasteiger partial charge in [0.25, 0.3) is 0 Å². The van der Waals surface area contributed by atoms with Gasteiger partial charge in [-0.1, -0.05) is 6.07 Å². The molecule has 0 N–H and O–H groups in total. The summed E-state index contributed by atoms with van der Waals surface area (Å²) < 4.78 is 13.5. The summed E-state index contributed by atoms with van der Waals surface area (Å²) in [5.74, 6) is -0.281. The summed E-state index contributed by atoms with van der Waals surface area (Å²) in [5, 5.41) is 0. The Kier molecular flexibility index (Phi) is 3.20. The third-order valence-electron chi connectivity index (χ3n) is 1.86. The maximum atomic E-state index is 13.1. The van der Waals surface area contributed by atoms with E-state index in [4.69, 9.17) is 0 Å². The summed E-state index contributed by atoms with van der Waals surface area (Å²) in [6, 6.07) is 3.07. The van der Waals surface area contributed by atoms with Crippen LogP contribution in [0.1, 0.15) is 18.1 Å². The van der Waals surface area contributed by atoms with Gasteiger partial charge in [0, 0.05) is 6.42 Å². The van der Waals surface area contributed by atoms with E-state index in [9.17, 15) is 9.18 Å². The Morgan fingerprint density at radius 3 is 2.69 bits per heavy atom. The predicted octanol–water partition coefficient (Wildman–Crippen LogP) is 3.03. The van der Waals surface area contributed by atoms with Gasteiger partial charge in [0.2, 0.25) is 0 Å². The van der Waals surface area contributed by atoms with Gasteiger partial charge in [0.1, 0.15) is 11.6 Å². The quantitative estimate of drug-likeness (QED) is 0.782. The van der Waals surface area contributed by atoms with Crippen molar-refractivity contribution < 1.29 is 9.18 Å². The highest BCUT2D eigenvalue weighted by atomic mass is 79.9. The molecule has 0 amide bonds. The van der Waals surface area contributed by atoms with Gasteiger partial charge in [-0.2, -0.15) is 0 Å². The van der Waals surface area contributed by atoms with Crippen molar-refractivity contribution in [1.29, 1.82) is 0 Å². The first kappa shape index (κ1) is 10.4. The minimum atomic E-state index is -0.318. The number of ketones is 1. The monoisotopic (exact) mass is 244 g/mol. The molecule has 0 fully saturated rings. The van der Waals surface area contributed by atoms with Crippen molar-refractivity contribution in [3.05, 3.63) is 33.5 Å². The van der Waals surface area contributed by atoms with Crippen LogP contribution < -0.4 is 0 Å². The smallest absolute Gasteiger partial charge is 0.137 e. The third-order valence-corrected chi connectivity index (χ3v) is 2.71. The molecule has 0 atom stereocenters. The van der Waals surface area contributed by atoms with E-state index in [0.717, 1.165) is 11.1 Å². The average Bonchev–Trinajstić information content (AvgIpc) is 2.05. The molecule has 0 unspecified atom stereocenters. The van der Waals surface area contributed by atoms with Gasteiger partial charge in [-0.05, 0) is 47.0 Å². The predicted molar refractivity (Wildman–Crippen MR) is 53.2 cm³/mol. The van der Waals surface area contributed by atoms with Crippen LogP contribution in [0.3, 0.4) is 0 Å². The molecule has 0 bridgehead atoms. The number of benzene rings is 1. The average molecular weight is 245 g/mol. The number of Topliss-reactive ketones (excluding diaryl/α,β-unsaturated/α-hetero) is 1. The minimum absolute atomic E-state index is 0.0365. The van der Waals surface area contributed by atoms with Crippen molar-refractivity contribution in [2.45, 2.75) is 20.3 Å². The van der Waals surface area contributed by atoms with E-state index in [-0.39, 0.29) is 18.0 Å². The highest BCUT2D eigenvalue weighted by Gasteiger charge is 2.10. The SMILES string of the molecule is CC(=O)Cc1c(C)ccc(F)c1Br. The summed E-state index contributed by atoms with van der Waals surface area (Å²) in [6.45, 7) is 3.36. The Morgan fingerprint density at radius 2 is 2.15 bits per heavy atom. The minimum Gasteiger partial charge on any atom is -0.300 e. The third kappa shape index (κ3) is 2.37. The van der Waals surface area contributed by atoms with Gasteiger partial charge in [0.05, 0.1) is 4.47 Å². The molecule has 0 aliphatic heterocycles. The highest BCUT2D eigenvalue weighted by Crippen LogP contribution is 2.24. The van der Waals surface area contributed by atoms with Gasteiger partial charge in [-0.3, -0.25) is 4.79 Å². The number of carbonyl (C=O) groups is 1. The van der Waals surface area contributed by atoms with Crippen LogP contribution in [-0.4, -0.2) is 5.78 Å². The van der Waals surface area contributed by atoms with Crippen molar-refractivity contribution in [3.63, 3.8) is 0 Å². The van der Waals surface area contributed by atoms with Gasteiger partial charge >= 0.3 is 0 Å². The van der Waals surface area contributed by atoms with Crippen LogP contribution in [0.4, 0.5) is 4.39 Å². The standard InChI is InChI=1S/C10H10BrFO/c1-6-3-4-9(12)10(11)8(6)5-7(2)13/h3-4H,5H2,1-2H3. The molecular formula is C10H10BrFO. The van der Waals surface area contributed by atoms with Crippen molar-refractivity contribution >= 4 is 21.7 Å². The van der Waals surface area contributed by atoms with E-state index in [1.165, 1.54) is 13.0 Å². The van der Waals surface area contributed by atoms with Crippen molar-refractivity contribution in [1.82, 2.24) is 0 Å². The number of hydrogen-bond acceptors (Lipinski definition) is 1. The maximum absolute atomic E-state index is 13.1. The summed E-state index contributed by atoms with van der Waals surface area (Å²) >= 11 is 3.13. The maximum Gasteiger partial charge on any atom is 0.137 e. The molecule has 13 heavy (non-hydrogen) atoms. The summed E-state index contributed by atoms with van der Waals surface area (Å²) in [5.41, 5.74) is 1.68. The number of hydrogen-bond donors (Lipinski definition) is 0. The normalized spacial score (nSPS) is 10.2. The van der Waals surface area contributed by atoms with E-state index in [1.807, 2.05) is 6.92 Å². The lowest BCUT2D eigenvalue weighted by Crippen LogP contribution is -2.01. The topological polar surface area (TPSA) is 17.1 Å². The summed E-state index contributed by atoms with van der Waals surface area (Å²) in [6.07, 6.45) is 0.282. The van der Waals surface area contributed by atoms with E-state index in [0.29, 0.717) is 4.47 Å². The van der Waals surface area contributed by atoms with Crippen LogP contribution in [0, 0.1) is 12.7 Å². The van der Waals surface area contributed by atoms with Gasteiger partial charge in [0.15, 0.2) is 0 Å². The lowest BCUT2D eigenvalue weighted by molar-refractivity contribution is -0.116. The van der Waals surface area contributed by atoms with E-state index < -0.39 is 0 Å². The zero-order chi connectivity index (χ0) is 10.0. The molecule has 1 aromatic carbocycles. The van der Waals surface area contributed by atoms with E-state index in [1.54, 1.807) is 6.07 Å². The molecule has 0 saturated heterocycles. The molecule has 1 aromatic rings. The highest BCUT2D eigenvalue weighted by molar-refractivity contribution is 9.10. The van der Waals surface area contributed by atoms with Crippen LogP contribution in [0.5, 0.6) is 0 Å².